The third kappa shape index (κ3) is 5.32. The molecule has 5 nitrogen and oxygen atoms in total. The number of nitro benzene ring substituents is 1. The highest BCUT2D eigenvalue weighted by molar-refractivity contribution is 5.89. The van der Waals surface area contributed by atoms with Crippen molar-refractivity contribution in [2.45, 2.75) is 111 Å². The maximum atomic E-state index is 12.8. The standard InChI is InChI=1S/C34H49NO4/c1-22(2)7-6-8-23(3)29-15-16-30-28-14-11-25-21-27(17-19-33(25,4)31(28)18-20-34(29,30)5)39-32(36)24-9-12-26(13-10-24)35(37)38/h9-13,22-23,27-31H,6-8,14-21H2,1-5H3/t23-,27?,28+,29-,30+,31+,33+,34-/m1/s1. The molecular formula is C34H49NO4. The second-order valence-corrected chi connectivity index (χ2v) is 14.4. The van der Waals surface area contributed by atoms with Gasteiger partial charge in [0, 0.05) is 18.6 Å². The molecule has 5 rings (SSSR count). The molecule has 0 heterocycles. The molecule has 0 N–H and O–H groups in total. The normalized spacial score (nSPS) is 36.4. The van der Waals surface area contributed by atoms with Gasteiger partial charge in [-0.2, -0.15) is 0 Å². The number of benzene rings is 1. The lowest BCUT2D eigenvalue weighted by Crippen LogP contribution is -2.51. The van der Waals surface area contributed by atoms with Crippen LogP contribution in [0.2, 0.25) is 0 Å². The van der Waals surface area contributed by atoms with E-state index in [1.165, 1.54) is 81.2 Å². The Labute approximate surface area is 235 Å². The average Bonchev–Trinajstić information content (AvgIpc) is 3.26. The van der Waals surface area contributed by atoms with Gasteiger partial charge in [-0.15, -0.1) is 0 Å². The first kappa shape index (κ1) is 28.4. The van der Waals surface area contributed by atoms with Crippen LogP contribution in [-0.4, -0.2) is 17.0 Å². The summed E-state index contributed by atoms with van der Waals surface area (Å²) in [4.78, 5) is 23.3. The van der Waals surface area contributed by atoms with E-state index < -0.39 is 4.92 Å². The Morgan fingerprint density at radius 3 is 2.46 bits per heavy atom. The van der Waals surface area contributed by atoms with E-state index >= 15 is 0 Å². The monoisotopic (exact) mass is 535 g/mol. The second-order valence-electron chi connectivity index (χ2n) is 14.4. The highest BCUT2D eigenvalue weighted by Gasteiger charge is 2.59. The molecule has 1 aromatic rings. The van der Waals surface area contributed by atoms with Crippen LogP contribution in [0.4, 0.5) is 5.69 Å². The third-order valence-electron chi connectivity index (χ3n) is 11.8. The Hall–Kier alpha value is -2.17. The molecular weight excluding hydrogens is 486 g/mol. The fourth-order valence-electron chi connectivity index (χ4n) is 9.69. The van der Waals surface area contributed by atoms with E-state index in [1.54, 1.807) is 0 Å². The van der Waals surface area contributed by atoms with Crippen molar-refractivity contribution >= 4 is 11.7 Å². The maximum Gasteiger partial charge on any atom is 0.338 e. The first-order valence-electron chi connectivity index (χ1n) is 15.7. The zero-order chi connectivity index (χ0) is 27.9. The topological polar surface area (TPSA) is 69.4 Å². The van der Waals surface area contributed by atoms with Gasteiger partial charge in [0.1, 0.15) is 6.10 Å². The summed E-state index contributed by atoms with van der Waals surface area (Å²) in [5.41, 5.74) is 2.60. The molecule has 4 aliphatic rings. The summed E-state index contributed by atoms with van der Waals surface area (Å²) in [6.45, 7) is 12.4. The molecule has 39 heavy (non-hydrogen) atoms. The van der Waals surface area contributed by atoms with Crippen molar-refractivity contribution in [1.82, 2.24) is 0 Å². The van der Waals surface area contributed by atoms with Crippen LogP contribution in [0.3, 0.4) is 0 Å². The first-order valence-corrected chi connectivity index (χ1v) is 15.7. The maximum absolute atomic E-state index is 12.8. The number of nitro groups is 1. The Balaban J connectivity index is 1.23. The number of nitrogens with zero attached hydrogens (tertiary/aromatic N) is 1. The number of rotatable bonds is 8. The van der Waals surface area contributed by atoms with Crippen molar-refractivity contribution in [2.75, 3.05) is 0 Å². The SMILES string of the molecule is CC(C)CCC[C@@H](C)[C@H]1CC[C@H]2[C@@H]3CC=C4CC(OC(=O)c5ccc([N+](=O)[O-])cc5)CC[C@]4(C)[C@H]3CC[C@]12C. The zero-order valence-electron chi connectivity index (χ0n) is 24.8. The summed E-state index contributed by atoms with van der Waals surface area (Å²) < 4.78 is 5.93. The minimum absolute atomic E-state index is 0.0142. The van der Waals surface area contributed by atoms with E-state index in [1.807, 2.05) is 0 Å². The Bertz CT molecular complexity index is 1090. The van der Waals surface area contributed by atoms with Gasteiger partial charge in [0.15, 0.2) is 0 Å². The lowest BCUT2D eigenvalue weighted by Gasteiger charge is -2.58. The average molecular weight is 536 g/mol. The van der Waals surface area contributed by atoms with Crippen molar-refractivity contribution in [2.24, 2.45) is 46.3 Å². The number of ether oxygens (including phenoxy) is 1. The Kier molecular flexibility index (Phi) is 8.01. The molecule has 3 fully saturated rings. The molecule has 0 aliphatic heterocycles. The smallest absolute Gasteiger partial charge is 0.338 e. The number of hydrogen-bond acceptors (Lipinski definition) is 4. The molecule has 0 radical (unpaired) electrons. The van der Waals surface area contributed by atoms with Crippen LogP contribution in [0.5, 0.6) is 0 Å². The van der Waals surface area contributed by atoms with Gasteiger partial charge in [0.2, 0.25) is 0 Å². The van der Waals surface area contributed by atoms with Crippen molar-refractivity contribution in [3.63, 3.8) is 0 Å². The third-order valence-corrected chi connectivity index (χ3v) is 11.8. The van der Waals surface area contributed by atoms with Gasteiger partial charge in [0.05, 0.1) is 10.5 Å². The summed E-state index contributed by atoms with van der Waals surface area (Å²) >= 11 is 0. The highest BCUT2D eigenvalue weighted by Crippen LogP contribution is 2.67. The zero-order valence-corrected chi connectivity index (χ0v) is 24.8. The van der Waals surface area contributed by atoms with Crippen LogP contribution in [0.25, 0.3) is 0 Å². The number of fused-ring (bicyclic) bond motifs is 5. The molecule has 0 aromatic heterocycles. The van der Waals surface area contributed by atoms with Gasteiger partial charge in [-0.1, -0.05) is 65.5 Å². The summed E-state index contributed by atoms with van der Waals surface area (Å²) in [5, 5.41) is 10.9. The van der Waals surface area contributed by atoms with Crippen molar-refractivity contribution in [3.8, 4) is 0 Å². The number of allylic oxidation sites excluding steroid dienone is 1. The lowest BCUT2D eigenvalue weighted by molar-refractivity contribution is -0.384. The van der Waals surface area contributed by atoms with Gasteiger partial charge in [-0.25, -0.2) is 4.79 Å². The molecule has 0 saturated heterocycles. The predicted octanol–water partition coefficient (Wildman–Crippen LogP) is 9.16. The number of carbonyl (C=O) groups is 1. The molecule has 3 saturated carbocycles. The van der Waals surface area contributed by atoms with Crippen LogP contribution in [-0.2, 0) is 4.74 Å². The van der Waals surface area contributed by atoms with Crippen LogP contribution in [0, 0.1) is 56.5 Å². The van der Waals surface area contributed by atoms with E-state index in [2.05, 4.69) is 40.7 Å². The fraction of sp³-hybridized carbons (Fsp3) is 0.735. The minimum atomic E-state index is -0.450. The van der Waals surface area contributed by atoms with E-state index in [0.717, 1.165) is 54.8 Å². The summed E-state index contributed by atoms with van der Waals surface area (Å²) in [6, 6.07) is 5.73. The summed E-state index contributed by atoms with van der Waals surface area (Å²) in [5.74, 6) is 4.54. The number of non-ortho nitro benzene ring substituents is 1. The van der Waals surface area contributed by atoms with Crippen LogP contribution in [0.15, 0.2) is 35.9 Å². The minimum Gasteiger partial charge on any atom is -0.458 e. The molecule has 1 unspecified atom stereocenters. The van der Waals surface area contributed by atoms with Crippen molar-refractivity contribution in [1.29, 1.82) is 0 Å². The second kappa shape index (κ2) is 11.0. The van der Waals surface area contributed by atoms with E-state index in [9.17, 15) is 14.9 Å². The molecule has 0 amide bonds. The van der Waals surface area contributed by atoms with Crippen LogP contribution < -0.4 is 0 Å². The van der Waals surface area contributed by atoms with E-state index in [4.69, 9.17) is 4.74 Å². The van der Waals surface area contributed by atoms with E-state index in [0.29, 0.717) is 11.0 Å². The van der Waals surface area contributed by atoms with Gasteiger partial charge in [-0.05, 0) is 103 Å². The largest absolute Gasteiger partial charge is 0.458 e. The Morgan fingerprint density at radius 1 is 1.03 bits per heavy atom. The molecule has 5 heteroatoms. The summed E-state index contributed by atoms with van der Waals surface area (Å²) in [6.07, 6.45) is 16.1. The molecule has 214 valence electrons. The molecule has 0 bridgehead atoms. The molecule has 1 aromatic carbocycles. The van der Waals surface area contributed by atoms with E-state index in [-0.39, 0.29) is 23.2 Å². The number of esters is 1. The van der Waals surface area contributed by atoms with Crippen molar-refractivity contribution in [3.05, 3.63) is 51.6 Å². The lowest BCUT2D eigenvalue weighted by atomic mass is 9.47. The fourth-order valence-corrected chi connectivity index (χ4v) is 9.69. The highest BCUT2D eigenvalue weighted by atomic mass is 16.6. The van der Waals surface area contributed by atoms with Crippen molar-refractivity contribution < 1.29 is 14.5 Å². The summed E-state index contributed by atoms with van der Waals surface area (Å²) in [7, 11) is 0. The predicted molar refractivity (Wildman–Crippen MR) is 155 cm³/mol. The van der Waals surface area contributed by atoms with Crippen LogP contribution >= 0.6 is 0 Å². The van der Waals surface area contributed by atoms with Gasteiger partial charge >= 0.3 is 5.97 Å². The first-order chi connectivity index (χ1) is 18.5. The van der Waals surface area contributed by atoms with Gasteiger partial charge < -0.3 is 4.74 Å². The molecule has 4 aliphatic carbocycles. The number of hydrogen-bond donors (Lipinski definition) is 0. The Morgan fingerprint density at radius 2 is 1.77 bits per heavy atom. The quantitative estimate of drug-likeness (QED) is 0.144. The molecule has 8 atom stereocenters. The number of carbonyl (C=O) groups excluding carboxylic acids is 1. The van der Waals surface area contributed by atoms with Crippen LogP contribution in [0.1, 0.15) is 116 Å². The van der Waals surface area contributed by atoms with Gasteiger partial charge in [0.25, 0.3) is 5.69 Å². The molecule has 0 spiro atoms. The van der Waals surface area contributed by atoms with Gasteiger partial charge in [-0.3, -0.25) is 10.1 Å².